The van der Waals surface area contributed by atoms with Crippen molar-refractivity contribution in [2.45, 2.75) is 50.7 Å². The van der Waals surface area contributed by atoms with Gasteiger partial charge in [0.2, 0.25) is 20.0 Å². The first kappa shape index (κ1) is 25.6. The molecule has 1 aromatic carbocycles. The monoisotopic (exact) mass is 472 g/mol. The first-order chi connectivity index (χ1) is 14.4. The van der Waals surface area contributed by atoms with Crippen LogP contribution in [0.2, 0.25) is 0 Å². The number of benzene rings is 1. The topological polar surface area (TPSA) is 104 Å². The molecule has 0 radical (unpaired) electrons. The van der Waals surface area contributed by atoms with Crippen LogP contribution in [0.5, 0.6) is 5.75 Å². The van der Waals surface area contributed by atoms with E-state index in [1.54, 1.807) is 19.1 Å². The van der Waals surface area contributed by atoms with E-state index in [0.29, 0.717) is 5.56 Å². The van der Waals surface area contributed by atoms with Gasteiger partial charge in [-0.3, -0.25) is 0 Å². The Morgan fingerprint density at radius 2 is 2.06 bits per heavy atom. The second-order valence-electron chi connectivity index (χ2n) is 8.00. The van der Waals surface area contributed by atoms with Crippen molar-refractivity contribution < 1.29 is 26.7 Å². The van der Waals surface area contributed by atoms with Crippen LogP contribution in [0.15, 0.2) is 23.1 Å². The predicted molar refractivity (Wildman–Crippen MR) is 120 cm³/mol. The minimum Gasteiger partial charge on any atom is -0.487 e. The minimum absolute atomic E-state index is 0.0206. The molecule has 0 amide bonds. The molecule has 8 nitrogen and oxygen atoms in total. The first-order valence-electron chi connectivity index (χ1n) is 10.2. The molecule has 1 aliphatic heterocycles. The highest BCUT2D eigenvalue weighted by atomic mass is 32.2. The van der Waals surface area contributed by atoms with Crippen LogP contribution in [0.1, 0.15) is 39.2 Å². The Hall–Kier alpha value is -1.64. The van der Waals surface area contributed by atoms with E-state index in [9.17, 15) is 21.9 Å². The third kappa shape index (κ3) is 6.20. The van der Waals surface area contributed by atoms with E-state index >= 15 is 0 Å². The lowest BCUT2D eigenvalue weighted by atomic mass is 10.0. The van der Waals surface area contributed by atoms with Crippen molar-refractivity contribution in [1.29, 1.82) is 0 Å². The molecule has 1 heterocycles. The van der Waals surface area contributed by atoms with Crippen molar-refractivity contribution in [2.75, 3.05) is 33.0 Å². The maximum Gasteiger partial charge on any atom is 0.247 e. The Morgan fingerprint density at radius 1 is 1.39 bits per heavy atom. The van der Waals surface area contributed by atoms with Gasteiger partial charge in [0.25, 0.3) is 0 Å². The average molecular weight is 473 g/mol. The van der Waals surface area contributed by atoms with E-state index in [4.69, 9.17) is 4.74 Å². The maximum atomic E-state index is 13.4. The van der Waals surface area contributed by atoms with E-state index < -0.39 is 32.2 Å². The van der Waals surface area contributed by atoms with Crippen molar-refractivity contribution >= 4 is 20.0 Å². The van der Waals surface area contributed by atoms with Crippen LogP contribution < -0.4 is 4.74 Å². The quantitative estimate of drug-likeness (QED) is 0.629. The third-order valence-electron chi connectivity index (χ3n) is 5.28. The summed E-state index contributed by atoms with van der Waals surface area (Å²) in [5.74, 6) is 5.84. The van der Waals surface area contributed by atoms with Gasteiger partial charge in [-0.1, -0.05) is 25.7 Å². The van der Waals surface area contributed by atoms with Gasteiger partial charge in [-0.05, 0) is 31.5 Å². The zero-order valence-corrected chi connectivity index (χ0v) is 20.3. The number of aliphatic hydroxyl groups excluding tert-OH is 1. The zero-order chi connectivity index (χ0) is 23.4. The summed E-state index contributed by atoms with van der Waals surface area (Å²) in [6.07, 6.45) is 2.15. The molecule has 0 spiro atoms. The highest BCUT2D eigenvalue weighted by Gasteiger charge is 2.38. The number of unbranched alkanes of at least 4 members (excludes halogenated alkanes) is 1. The van der Waals surface area contributed by atoms with Crippen LogP contribution in [0.3, 0.4) is 0 Å². The molecule has 0 saturated carbocycles. The summed E-state index contributed by atoms with van der Waals surface area (Å²) in [7, 11) is -5.93. The molecule has 0 unspecified atom stereocenters. The van der Waals surface area contributed by atoms with Crippen molar-refractivity contribution in [3.05, 3.63) is 23.8 Å². The van der Waals surface area contributed by atoms with Gasteiger partial charge in [-0.25, -0.2) is 21.1 Å². The normalized spacial score (nSPS) is 22.4. The number of nitrogens with zero attached hydrogens (tertiary/aromatic N) is 2. The number of sulfonamides is 2. The molecule has 0 fully saturated rings. The number of rotatable bonds is 6. The molecule has 1 aliphatic rings. The molecule has 0 saturated heterocycles. The number of hydrogen-bond donors (Lipinski definition) is 1. The fraction of sp³-hybridized carbons (Fsp3) is 0.619. The summed E-state index contributed by atoms with van der Waals surface area (Å²) < 4.78 is 59.2. The van der Waals surface area contributed by atoms with Crippen LogP contribution in [-0.4, -0.2) is 75.7 Å². The summed E-state index contributed by atoms with van der Waals surface area (Å²) >= 11 is 0. The van der Waals surface area contributed by atoms with E-state index in [2.05, 4.69) is 11.8 Å². The largest absolute Gasteiger partial charge is 0.487 e. The summed E-state index contributed by atoms with van der Waals surface area (Å²) in [5, 5.41) is 9.66. The lowest BCUT2D eigenvalue weighted by Crippen LogP contribution is -2.50. The Balaban J connectivity index is 2.59. The van der Waals surface area contributed by atoms with E-state index in [1.807, 2.05) is 13.8 Å². The smallest absolute Gasteiger partial charge is 0.247 e. The molecule has 10 heteroatoms. The summed E-state index contributed by atoms with van der Waals surface area (Å²) in [6, 6.07) is 4.04. The number of aliphatic hydroxyl groups is 1. The Kier molecular flexibility index (Phi) is 8.53. The van der Waals surface area contributed by atoms with Crippen molar-refractivity contribution in [3.8, 4) is 17.6 Å². The van der Waals surface area contributed by atoms with Gasteiger partial charge < -0.3 is 9.84 Å². The molecule has 0 aliphatic carbocycles. The van der Waals surface area contributed by atoms with Gasteiger partial charge in [0.05, 0.1) is 19.4 Å². The lowest BCUT2D eigenvalue weighted by molar-refractivity contribution is 0.0905. The minimum atomic E-state index is -3.94. The van der Waals surface area contributed by atoms with Gasteiger partial charge in [0.1, 0.15) is 16.7 Å². The van der Waals surface area contributed by atoms with Gasteiger partial charge in [-0.15, -0.1) is 0 Å². The van der Waals surface area contributed by atoms with Crippen LogP contribution in [0, 0.1) is 17.8 Å². The Morgan fingerprint density at radius 3 is 2.65 bits per heavy atom. The van der Waals surface area contributed by atoms with Crippen molar-refractivity contribution in [2.24, 2.45) is 5.92 Å². The lowest BCUT2D eigenvalue weighted by Gasteiger charge is -2.37. The van der Waals surface area contributed by atoms with Gasteiger partial charge in [0.15, 0.2) is 0 Å². The molecule has 1 aromatic rings. The number of fused-ring (bicyclic) bond motifs is 1. The summed E-state index contributed by atoms with van der Waals surface area (Å²) in [5.41, 5.74) is 0.618. The molecule has 0 aromatic heterocycles. The molecule has 31 heavy (non-hydrogen) atoms. The maximum absolute atomic E-state index is 13.4. The van der Waals surface area contributed by atoms with Crippen LogP contribution in [0.4, 0.5) is 0 Å². The van der Waals surface area contributed by atoms with E-state index in [-0.39, 0.29) is 36.3 Å². The SMILES string of the molecule is CCCC#Cc1ccc2c(c1)O[C@H](CN(C)S(C)(=O)=O)[C@@H](C)CN([C@@H](C)CO)S2(=O)=O. The highest BCUT2D eigenvalue weighted by molar-refractivity contribution is 7.89. The molecule has 0 bridgehead atoms. The highest BCUT2D eigenvalue weighted by Crippen LogP contribution is 2.34. The second-order valence-corrected chi connectivity index (χ2v) is 11.9. The van der Waals surface area contributed by atoms with Gasteiger partial charge in [-0.2, -0.15) is 4.31 Å². The fourth-order valence-corrected chi connectivity index (χ4v) is 5.44. The summed E-state index contributed by atoms with van der Waals surface area (Å²) in [6.45, 7) is 5.27. The molecule has 1 N–H and O–H groups in total. The number of hydrogen-bond acceptors (Lipinski definition) is 6. The molecule has 174 valence electrons. The Labute approximate surface area is 186 Å². The first-order valence-corrected chi connectivity index (χ1v) is 13.5. The number of ether oxygens (including phenoxy) is 1. The standard InChI is InChI=1S/C21H32N2O6S2/c1-6-7-8-9-18-10-11-21-19(12-18)29-20(14-22(4)30(5,25)26)16(2)13-23(17(3)15-24)31(21,27)28/h10-12,16-17,20,24H,6-7,13-15H2,1-5H3/t16-,17-,20+/m0/s1. The Bertz CT molecular complexity index is 1040. The van der Waals surface area contributed by atoms with Crippen LogP contribution in [0.25, 0.3) is 0 Å². The molecular weight excluding hydrogens is 440 g/mol. The van der Waals surface area contributed by atoms with Crippen molar-refractivity contribution in [1.82, 2.24) is 8.61 Å². The van der Waals surface area contributed by atoms with E-state index in [0.717, 1.165) is 19.1 Å². The third-order valence-corrected chi connectivity index (χ3v) is 8.58. The van der Waals surface area contributed by atoms with Crippen molar-refractivity contribution in [3.63, 3.8) is 0 Å². The fourth-order valence-electron chi connectivity index (χ4n) is 3.20. The average Bonchev–Trinajstić information content (AvgIpc) is 2.69. The molecule has 2 rings (SSSR count). The molecular formula is C21H32N2O6S2. The van der Waals surface area contributed by atoms with Crippen LogP contribution in [-0.2, 0) is 20.0 Å². The zero-order valence-electron chi connectivity index (χ0n) is 18.7. The summed E-state index contributed by atoms with van der Waals surface area (Å²) in [4.78, 5) is -0.0206. The van der Waals surface area contributed by atoms with E-state index in [1.165, 1.54) is 21.7 Å². The second kappa shape index (κ2) is 10.3. The van der Waals surface area contributed by atoms with Gasteiger partial charge in [0, 0.05) is 37.5 Å². The van der Waals surface area contributed by atoms with Crippen LogP contribution >= 0.6 is 0 Å². The number of likely N-dealkylation sites (N-methyl/N-ethyl adjacent to an activating group) is 1. The predicted octanol–water partition coefficient (Wildman–Crippen LogP) is 1.50. The van der Waals surface area contributed by atoms with Gasteiger partial charge >= 0.3 is 0 Å². The molecule has 3 atom stereocenters.